The molecule has 1 saturated carbocycles. The minimum absolute atomic E-state index is 0.107. The Labute approximate surface area is 227 Å². The van der Waals surface area contributed by atoms with Crippen molar-refractivity contribution < 1.29 is 32.0 Å². The highest BCUT2D eigenvalue weighted by molar-refractivity contribution is 5.94. The van der Waals surface area contributed by atoms with Crippen molar-refractivity contribution in [3.05, 3.63) is 77.9 Å². The number of likely N-dealkylation sites (tertiary alicyclic amines) is 1. The predicted octanol–water partition coefficient (Wildman–Crippen LogP) is 5.24. The van der Waals surface area contributed by atoms with Crippen LogP contribution in [-0.2, 0) is 21.2 Å². The second kappa shape index (κ2) is 11.3. The van der Waals surface area contributed by atoms with Crippen molar-refractivity contribution in [2.24, 2.45) is 5.92 Å². The number of nitrogens with zero attached hydrogens (tertiary/aromatic N) is 1. The van der Waals surface area contributed by atoms with Gasteiger partial charge in [-0.15, -0.1) is 0 Å². The molecule has 5 nitrogen and oxygen atoms in total. The molecule has 2 aromatic carbocycles. The number of benzene rings is 2. The number of ether oxygens (including phenoxy) is 1. The summed E-state index contributed by atoms with van der Waals surface area (Å²) in [6.45, 7) is 8.15. The summed E-state index contributed by atoms with van der Waals surface area (Å²) in [5, 5.41) is 3.05. The van der Waals surface area contributed by atoms with Gasteiger partial charge in [-0.1, -0.05) is 24.6 Å². The number of nitrogens with one attached hydrogen (secondary N) is 1. The molecule has 1 N–H and O–H groups in total. The molecule has 1 aliphatic carbocycles. The summed E-state index contributed by atoms with van der Waals surface area (Å²) in [5.41, 5.74) is 0.484. The molecule has 4 rings (SSSR count). The van der Waals surface area contributed by atoms with Crippen LogP contribution in [0.25, 0.3) is 0 Å². The van der Waals surface area contributed by atoms with E-state index in [2.05, 4.69) is 36.9 Å². The molecule has 0 bridgehead atoms. The number of fused-ring (bicyclic) bond motifs is 1. The Hall–Kier alpha value is -3.57. The van der Waals surface area contributed by atoms with Crippen LogP contribution >= 0.6 is 0 Å². The van der Waals surface area contributed by atoms with Gasteiger partial charge >= 0.3 is 12.1 Å². The van der Waals surface area contributed by atoms with Gasteiger partial charge in [-0.05, 0) is 67.3 Å². The first kappa shape index (κ1) is 28.4. The van der Waals surface area contributed by atoms with E-state index in [1.54, 1.807) is 6.07 Å². The fraction of sp³-hybridized carbons (Fsp3) is 0.419. The Morgan fingerprint density at radius 3 is 2.62 bits per heavy atom. The summed E-state index contributed by atoms with van der Waals surface area (Å²) < 4.78 is 44.7. The molecular formula is C31H34F3N2O3+. The van der Waals surface area contributed by atoms with E-state index in [-0.39, 0.29) is 17.4 Å². The fourth-order valence-electron chi connectivity index (χ4n) is 6.28. The number of carbonyl (C=O) groups is 2. The van der Waals surface area contributed by atoms with E-state index in [1.165, 1.54) is 19.1 Å². The molecule has 0 aromatic heterocycles. The van der Waals surface area contributed by atoms with E-state index < -0.39 is 17.6 Å². The maximum atomic E-state index is 12.8. The standard InChI is InChI=1S/C31H33F3N2O3/c1-4-17-36(3)18-16-30(25-6-5-7-28(19-25)39-22(2)37)20-27(14-13-26(30)21-36)35-29(38)15-10-23-8-11-24(12-9-23)31(32,33)34/h4-9,11-12,19,26-27H,1,13-14,16-18,20-21H2,2-3H3/p+1/t26?,27-,30-,36-/m0/s1. The number of amides is 1. The van der Waals surface area contributed by atoms with E-state index in [0.717, 1.165) is 67.5 Å². The van der Waals surface area contributed by atoms with Crippen LogP contribution in [0, 0.1) is 17.8 Å². The molecule has 1 heterocycles. The van der Waals surface area contributed by atoms with Crippen molar-refractivity contribution in [2.45, 2.75) is 50.2 Å². The lowest BCUT2D eigenvalue weighted by atomic mass is 9.57. The van der Waals surface area contributed by atoms with Crippen LogP contribution in [0.15, 0.2) is 61.2 Å². The second-order valence-electron chi connectivity index (χ2n) is 11.0. The van der Waals surface area contributed by atoms with Crippen LogP contribution in [0.4, 0.5) is 13.2 Å². The lowest BCUT2D eigenvalue weighted by Gasteiger charge is -2.55. The Morgan fingerprint density at radius 1 is 1.21 bits per heavy atom. The number of hydrogen-bond acceptors (Lipinski definition) is 3. The van der Waals surface area contributed by atoms with Crippen LogP contribution in [0.1, 0.15) is 49.3 Å². The third-order valence-corrected chi connectivity index (χ3v) is 8.12. The number of esters is 1. The smallest absolute Gasteiger partial charge is 0.416 e. The van der Waals surface area contributed by atoms with Gasteiger partial charge in [0.25, 0.3) is 5.91 Å². The maximum Gasteiger partial charge on any atom is 0.416 e. The monoisotopic (exact) mass is 539 g/mol. The highest BCUT2D eigenvalue weighted by Gasteiger charge is 2.52. The van der Waals surface area contributed by atoms with Crippen molar-refractivity contribution in [1.29, 1.82) is 0 Å². The molecule has 0 radical (unpaired) electrons. The average Bonchev–Trinajstić information content (AvgIpc) is 2.87. The largest absolute Gasteiger partial charge is 0.427 e. The first-order valence-electron chi connectivity index (χ1n) is 13.2. The molecule has 1 amide bonds. The molecule has 4 atom stereocenters. The quantitative estimate of drug-likeness (QED) is 0.186. The molecule has 2 aromatic rings. The number of piperidine rings is 1. The number of halogens is 3. The van der Waals surface area contributed by atoms with Gasteiger partial charge in [0, 0.05) is 42.2 Å². The Morgan fingerprint density at radius 2 is 1.95 bits per heavy atom. The van der Waals surface area contributed by atoms with Crippen LogP contribution in [0.3, 0.4) is 0 Å². The second-order valence-corrected chi connectivity index (χ2v) is 11.0. The van der Waals surface area contributed by atoms with Gasteiger partial charge in [0.05, 0.1) is 32.2 Å². The zero-order valence-electron chi connectivity index (χ0n) is 22.3. The Bertz CT molecular complexity index is 1290. The average molecular weight is 540 g/mol. The van der Waals surface area contributed by atoms with Gasteiger partial charge in [0.2, 0.25) is 0 Å². The molecule has 8 heteroatoms. The number of alkyl halides is 3. The highest BCUT2D eigenvalue weighted by Crippen LogP contribution is 2.50. The minimum Gasteiger partial charge on any atom is -0.427 e. The molecular weight excluding hydrogens is 505 g/mol. The Kier molecular flexibility index (Phi) is 8.22. The first-order chi connectivity index (χ1) is 18.4. The van der Waals surface area contributed by atoms with Crippen molar-refractivity contribution in [2.75, 3.05) is 26.7 Å². The SMILES string of the molecule is C=CC[N@@+]1(C)CC[C@@]2(c3cccc(OC(C)=O)c3)C[C@@H](NC(=O)C#Cc3ccc(C(F)(F)F)cc3)CCC2C1. The number of quaternary nitrogens is 1. The zero-order valence-corrected chi connectivity index (χ0v) is 22.3. The Balaban J connectivity index is 1.54. The molecule has 0 spiro atoms. The van der Waals surface area contributed by atoms with E-state index in [1.807, 2.05) is 18.2 Å². The first-order valence-corrected chi connectivity index (χ1v) is 13.2. The highest BCUT2D eigenvalue weighted by atomic mass is 19.4. The van der Waals surface area contributed by atoms with Crippen molar-refractivity contribution >= 4 is 11.9 Å². The third-order valence-electron chi connectivity index (χ3n) is 8.12. The van der Waals surface area contributed by atoms with Crippen molar-refractivity contribution in [3.8, 4) is 17.6 Å². The lowest BCUT2D eigenvalue weighted by molar-refractivity contribution is -0.914. The molecule has 1 aliphatic heterocycles. The lowest BCUT2D eigenvalue weighted by Crippen LogP contribution is -2.62. The summed E-state index contributed by atoms with van der Waals surface area (Å²) in [6.07, 6.45) is 0.905. The van der Waals surface area contributed by atoms with Crippen LogP contribution < -0.4 is 10.1 Å². The number of hydrogen-bond donors (Lipinski definition) is 1. The summed E-state index contributed by atoms with van der Waals surface area (Å²) in [4.78, 5) is 24.3. The van der Waals surface area contributed by atoms with E-state index in [9.17, 15) is 22.8 Å². The molecule has 2 aliphatic rings. The van der Waals surface area contributed by atoms with Gasteiger partial charge in [0.1, 0.15) is 5.75 Å². The molecule has 2 fully saturated rings. The van der Waals surface area contributed by atoms with Gasteiger partial charge < -0.3 is 14.5 Å². The van der Waals surface area contributed by atoms with Gasteiger partial charge in [-0.25, -0.2) is 0 Å². The van der Waals surface area contributed by atoms with Crippen LogP contribution in [0.2, 0.25) is 0 Å². The summed E-state index contributed by atoms with van der Waals surface area (Å²) >= 11 is 0. The van der Waals surface area contributed by atoms with E-state index in [4.69, 9.17) is 4.74 Å². The van der Waals surface area contributed by atoms with Gasteiger partial charge in [-0.3, -0.25) is 9.59 Å². The molecule has 206 valence electrons. The van der Waals surface area contributed by atoms with Gasteiger partial charge in [-0.2, -0.15) is 13.2 Å². The summed E-state index contributed by atoms with van der Waals surface area (Å²) in [5.74, 6) is 5.26. The third kappa shape index (κ3) is 6.72. The minimum atomic E-state index is -4.42. The van der Waals surface area contributed by atoms with Gasteiger partial charge in [0.15, 0.2) is 0 Å². The molecule has 1 unspecified atom stereocenters. The summed E-state index contributed by atoms with van der Waals surface area (Å²) in [6, 6.07) is 12.0. The normalized spacial score (nSPS) is 26.4. The van der Waals surface area contributed by atoms with Crippen molar-refractivity contribution in [1.82, 2.24) is 5.32 Å². The van der Waals surface area contributed by atoms with E-state index >= 15 is 0 Å². The molecule has 1 saturated heterocycles. The van der Waals surface area contributed by atoms with E-state index in [0.29, 0.717) is 17.2 Å². The number of rotatable bonds is 5. The maximum absolute atomic E-state index is 12.8. The topological polar surface area (TPSA) is 55.4 Å². The fourth-order valence-corrected chi connectivity index (χ4v) is 6.28. The number of carbonyl (C=O) groups excluding carboxylic acids is 2. The summed E-state index contributed by atoms with van der Waals surface area (Å²) in [7, 11) is 2.26. The molecule has 39 heavy (non-hydrogen) atoms. The van der Waals surface area contributed by atoms with Crippen LogP contribution in [-0.4, -0.2) is 49.1 Å². The van der Waals surface area contributed by atoms with Crippen molar-refractivity contribution in [3.63, 3.8) is 0 Å². The number of likely N-dealkylation sites (N-methyl/N-ethyl adjacent to an activating group) is 1. The van der Waals surface area contributed by atoms with Crippen LogP contribution in [0.5, 0.6) is 5.75 Å². The predicted molar refractivity (Wildman–Crippen MR) is 143 cm³/mol. The zero-order chi connectivity index (χ0) is 28.3.